The summed E-state index contributed by atoms with van der Waals surface area (Å²) in [7, 11) is 0. The molecule has 21 heavy (non-hydrogen) atoms. The molecule has 1 heterocycles. The number of esters is 1. The van der Waals surface area contributed by atoms with Gasteiger partial charge in [-0.3, -0.25) is 0 Å². The van der Waals surface area contributed by atoms with Crippen LogP contribution in [0, 0.1) is 5.92 Å². The number of epoxide rings is 1. The van der Waals surface area contributed by atoms with Crippen LogP contribution in [-0.2, 0) is 9.53 Å². The molecule has 0 amide bonds. The van der Waals surface area contributed by atoms with E-state index < -0.39 is 5.97 Å². The Morgan fingerprint density at radius 1 is 1.29 bits per heavy atom. The summed E-state index contributed by atoms with van der Waals surface area (Å²) in [5.41, 5.74) is 0.382. The lowest BCUT2D eigenvalue weighted by Crippen LogP contribution is -2.10. The molecular formula is C17H20O4. The molecule has 1 aromatic carbocycles. The van der Waals surface area contributed by atoms with Gasteiger partial charge in [0, 0.05) is 5.57 Å². The van der Waals surface area contributed by atoms with Crippen molar-refractivity contribution < 1.29 is 19.0 Å². The average molecular weight is 288 g/mol. The van der Waals surface area contributed by atoms with Crippen molar-refractivity contribution in [2.45, 2.75) is 38.4 Å². The highest BCUT2D eigenvalue weighted by Crippen LogP contribution is 2.44. The fraction of sp³-hybridized carbons (Fsp3) is 0.471. The van der Waals surface area contributed by atoms with Crippen molar-refractivity contribution in [3.8, 4) is 11.5 Å². The van der Waals surface area contributed by atoms with Gasteiger partial charge in [-0.1, -0.05) is 6.58 Å². The van der Waals surface area contributed by atoms with E-state index in [-0.39, 0.29) is 0 Å². The van der Waals surface area contributed by atoms with E-state index in [1.165, 1.54) is 12.8 Å². The number of benzene rings is 1. The maximum absolute atomic E-state index is 11.4. The first-order chi connectivity index (χ1) is 10.1. The number of fused-ring (bicyclic) bond motifs is 1. The Bertz CT molecular complexity index is 534. The summed E-state index contributed by atoms with van der Waals surface area (Å²) in [6.07, 6.45) is 4.54. The highest BCUT2D eigenvalue weighted by Gasteiger charge is 2.49. The SMILES string of the molecule is C=C(C)C(=O)Oc1ccc(OCCC2CCC3OC23)cc1. The van der Waals surface area contributed by atoms with Crippen molar-refractivity contribution in [2.24, 2.45) is 5.92 Å². The van der Waals surface area contributed by atoms with Gasteiger partial charge in [-0.2, -0.15) is 0 Å². The van der Waals surface area contributed by atoms with Crippen molar-refractivity contribution in [3.63, 3.8) is 0 Å². The van der Waals surface area contributed by atoms with E-state index >= 15 is 0 Å². The Hall–Kier alpha value is -1.81. The van der Waals surface area contributed by atoms with Crippen LogP contribution in [0.2, 0.25) is 0 Å². The molecule has 0 N–H and O–H groups in total. The van der Waals surface area contributed by atoms with Crippen molar-refractivity contribution in [3.05, 3.63) is 36.4 Å². The average Bonchev–Trinajstić information content (AvgIpc) is 3.15. The van der Waals surface area contributed by atoms with Crippen molar-refractivity contribution in [1.82, 2.24) is 0 Å². The number of hydrogen-bond acceptors (Lipinski definition) is 4. The third kappa shape index (κ3) is 3.45. The van der Waals surface area contributed by atoms with Crippen LogP contribution in [0.1, 0.15) is 26.2 Å². The zero-order chi connectivity index (χ0) is 14.8. The normalized spacial score (nSPS) is 26.0. The third-order valence-corrected chi connectivity index (χ3v) is 4.05. The van der Waals surface area contributed by atoms with Gasteiger partial charge in [-0.25, -0.2) is 4.79 Å². The first-order valence-electron chi connectivity index (χ1n) is 7.39. The summed E-state index contributed by atoms with van der Waals surface area (Å²) in [5, 5.41) is 0. The van der Waals surface area contributed by atoms with E-state index in [1.54, 1.807) is 19.1 Å². The maximum atomic E-state index is 11.4. The fourth-order valence-corrected chi connectivity index (χ4v) is 2.78. The molecule has 1 saturated heterocycles. The minimum absolute atomic E-state index is 0.382. The molecule has 0 radical (unpaired) electrons. The predicted molar refractivity (Wildman–Crippen MR) is 78.4 cm³/mol. The van der Waals surface area contributed by atoms with Gasteiger partial charge >= 0.3 is 5.97 Å². The molecule has 1 aliphatic heterocycles. The second kappa shape index (κ2) is 5.90. The smallest absolute Gasteiger partial charge is 0.338 e. The Balaban J connectivity index is 1.43. The Morgan fingerprint density at radius 2 is 2.00 bits per heavy atom. The molecule has 0 spiro atoms. The molecule has 3 rings (SSSR count). The summed E-state index contributed by atoms with van der Waals surface area (Å²) in [4.78, 5) is 11.4. The van der Waals surface area contributed by atoms with E-state index in [4.69, 9.17) is 14.2 Å². The van der Waals surface area contributed by atoms with Crippen molar-refractivity contribution in [2.75, 3.05) is 6.61 Å². The van der Waals surface area contributed by atoms with Crippen LogP contribution in [0.3, 0.4) is 0 Å². The predicted octanol–water partition coefficient (Wildman–Crippen LogP) is 3.11. The number of ether oxygens (including phenoxy) is 3. The minimum Gasteiger partial charge on any atom is -0.494 e. The first kappa shape index (κ1) is 14.1. The van der Waals surface area contributed by atoms with Crippen molar-refractivity contribution >= 4 is 5.97 Å². The van der Waals surface area contributed by atoms with Crippen LogP contribution in [-0.4, -0.2) is 24.8 Å². The van der Waals surface area contributed by atoms with Crippen LogP contribution in [0.15, 0.2) is 36.4 Å². The van der Waals surface area contributed by atoms with Crippen LogP contribution in [0.25, 0.3) is 0 Å². The van der Waals surface area contributed by atoms with Gasteiger partial charge in [-0.15, -0.1) is 0 Å². The Kier molecular flexibility index (Phi) is 3.97. The van der Waals surface area contributed by atoms with Crippen LogP contribution in [0.4, 0.5) is 0 Å². The molecular weight excluding hydrogens is 268 g/mol. The number of rotatable bonds is 6. The molecule has 4 nitrogen and oxygen atoms in total. The molecule has 4 heteroatoms. The zero-order valence-corrected chi connectivity index (χ0v) is 12.2. The molecule has 2 fully saturated rings. The molecule has 3 unspecified atom stereocenters. The van der Waals surface area contributed by atoms with E-state index in [9.17, 15) is 4.79 Å². The topological polar surface area (TPSA) is 48.1 Å². The summed E-state index contributed by atoms with van der Waals surface area (Å²) in [6, 6.07) is 7.08. The summed E-state index contributed by atoms with van der Waals surface area (Å²) >= 11 is 0. The standard InChI is InChI=1S/C17H20O4/c1-11(2)17(18)20-14-6-4-13(5-7-14)19-10-9-12-3-8-15-16(12)21-15/h4-7,12,15-16H,1,3,8-10H2,2H3. The number of hydrogen-bond donors (Lipinski definition) is 0. The lowest BCUT2D eigenvalue weighted by Gasteiger charge is -2.12. The largest absolute Gasteiger partial charge is 0.494 e. The Morgan fingerprint density at radius 3 is 2.57 bits per heavy atom. The Labute approximate surface area is 124 Å². The molecule has 1 saturated carbocycles. The molecule has 112 valence electrons. The second-order valence-corrected chi connectivity index (χ2v) is 5.75. The first-order valence-corrected chi connectivity index (χ1v) is 7.39. The summed E-state index contributed by atoms with van der Waals surface area (Å²) in [6.45, 7) is 5.87. The molecule has 0 bridgehead atoms. The lowest BCUT2D eigenvalue weighted by molar-refractivity contribution is -0.130. The molecule has 0 aromatic heterocycles. The molecule has 2 aliphatic rings. The highest BCUT2D eigenvalue weighted by molar-refractivity contribution is 5.88. The minimum atomic E-state index is -0.413. The number of carbonyl (C=O) groups excluding carboxylic acids is 1. The van der Waals surface area contributed by atoms with Gasteiger partial charge in [0.25, 0.3) is 0 Å². The second-order valence-electron chi connectivity index (χ2n) is 5.75. The lowest BCUT2D eigenvalue weighted by atomic mass is 10.0. The summed E-state index contributed by atoms with van der Waals surface area (Å²) < 4.78 is 16.4. The van der Waals surface area contributed by atoms with E-state index in [0.29, 0.717) is 36.1 Å². The third-order valence-electron chi connectivity index (χ3n) is 4.05. The van der Waals surface area contributed by atoms with Crippen LogP contribution < -0.4 is 9.47 Å². The molecule has 1 aliphatic carbocycles. The quantitative estimate of drug-likeness (QED) is 0.349. The maximum Gasteiger partial charge on any atom is 0.338 e. The summed E-state index contributed by atoms with van der Waals surface area (Å²) in [5.74, 6) is 1.53. The van der Waals surface area contributed by atoms with Crippen LogP contribution >= 0.6 is 0 Å². The highest BCUT2D eigenvalue weighted by atomic mass is 16.6. The van der Waals surface area contributed by atoms with Gasteiger partial charge < -0.3 is 14.2 Å². The molecule has 1 aromatic rings. The van der Waals surface area contributed by atoms with Crippen LogP contribution in [0.5, 0.6) is 11.5 Å². The fourth-order valence-electron chi connectivity index (χ4n) is 2.78. The van der Waals surface area contributed by atoms with Gasteiger partial charge in [0.05, 0.1) is 18.8 Å². The van der Waals surface area contributed by atoms with Gasteiger partial charge in [-0.05, 0) is 56.4 Å². The van der Waals surface area contributed by atoms with Gasteiger partial charge in [0.2, 0.25) is 0 Å². The van der Waals surface area contributed by atoms with E-state index in [0.717, 1.165) is 12.2 Å². The molecule has 3 atom stereocenters. The van der Waals surface area contributed by atoms with Gasteiger partial charge in [0.1, 0.15) is 11.5 Å². The van der Waals surface area contributed by atoms with E-state index in [1.807, 2.05) is 12.1 Å². The number of carbonyl (C=O) groups is 1. The van der Waals surface area contributed by atoms with E-state index in [2.05, 4.69) is 6.58 Å². The van der Waals surface area contributed by atoms with Crippen molar-refractivity contribution in [1.29, 1.82) is 0 Å². The monoisotopic (exact) mass is 288 g/mol. The zero-order valence-electron chi connectivity index (χ0n) is 12.2. The van der Waals surface area contributed by atoms with Gasteiger partial charge in [0.15, 0.2) is 0 Å².